The largest absolute Gasteiger partial charge is 0.359 e. The van der Waals surface area contributed by atoms with E-state index in [-0.39, 0.29) is 23.8 Å². The highest BCUT2D eigenvalue weighted by Gasteiger charge is 2.72. The van der Waals surface area contributed by atoms with Crippen LogP contribution in [0.2, 0.25) is 0 Å². The number of hydrogen-bond donors (Lipinski definition) is 2. The van der Waals surface area contributed by atoms with E-state index in [9.17, 15) is 14.4 Å². The molecule has 1 aromatic rings. The van der Waals surface area contributed by atoms with E-state index in [1.807, 2.05) is 36.4 Å². The quantitative estimate of drug-likeness (QED) is 0.428. The molecule has 2 N–H and O–H groups in total. The van der Waals surface area contributed by atoms with E-state index in [0.717, 1.165) is 45.3 Å². The lowest BCUT2D eigenvalue weighted by molar-refractivity contribution is -0.141. The monoisotopic (exact) mass is 590 g/mol. The predicted molar refractivity (Wildman–Crippen MR) is 167 cm³/mol. The number of hydrogen-bond acceptors (Lipinski definition) is 5. The van der Waals surface area contributed by atoms with Crippen molar-refractivity contribution in [3.8, 4) is 0 Å². The third kappa shape index (κ3) is 5.66. The van der Waals surface area contributed by atoms with Crippen LogP contribution in [-0.2, 0) is 19.1 Å². The summed E-state index contributed by atoms with van der Waals surface area (Å²) in [5, 5.41) is 6.43. The molecule has 43 heavy (non-hydrogen) atoms. The molecule has 1 spiro atoms. The number of benzene rings is 1. The molecule has 1 aliphatic carbocycles. The highest BCUT2D eigenvalue weighted by atomic mass is 16.5. The summed E-state index contributed by atoms with van der Waals surface area (Å²) in [5.74, 6) is -0.617. The van der Waals surface area contributed by atoms with Crippen LogP contribution in [-0.4, -0.2) is 77.5 Å². The first-order valence-corrected chi connectivity index (χ1v) is 16.8. The second-order valence-corrected chi connectivity index (χ2v) is 14.1. The number of nitrogens with one attached hydrogen (secondary N) is 2. The van der Waals surface area contributed by atoms with Gasteiger partial charge in [0.2, 0.25) is 17.7 Å². The summed E-state index contributed by atoms with van der Waals surface area (Å²) in [7, 11) is 0. The summed E-state index contributed by atoms with van der Waals surface area (Å²) in [5.41, 5.74) is 0.774. The molecular formula is C35H50N4O4. The van der Waals surface area contributed by atoms with Gasteiger partial charge in [0.15, 0.2) is 0 Å². The van der Waals surface area contributed by atoms with Gasteiger partial charge >= 0.3 is 0 Å². The first kappa shape index (κ1) is 30.3. The van der Waals surface area contributed by atoms with Gasteiger partial charge in [-0.25, -0.2) is 0 Å². The molecule has 4 fully saturated rings. The topological polar surface area (TPSA) is 91.0 Å². The van der Waals surface area contributed by atoms with Gasteiger partial charge in [-0.2, -0.15) is 0 Å². The maximum absolute atomic E-state index is 14.4. The Kier molecular flexibility index (Phi) is 8.71. The zero-order valence-electron chi connectivity index (χ0n) is 26.4. The molecule has 8 heteroatoms. The lowest BCUT2D eigenvalue weighted by atomic mass is 9.73. The fourth-order valence-electron chi connectivity index (χ4n) is 8.34. The van der Waals surface area contributed by atoms with Crippen LogP contribution in [0.25, 0.3) is 0 Å². The second-order valence-electron chi connectivity index (χ2n) is 14.1. The van der Waals surface area contributed by atoms with Crippen molar-refractivity contribution in [2.45, 2.75) is 102 Å². The van der Waals surface area contributed by atoms with Crippen LogP contribution in [0.1, 0.15) is 84.1 Å². The first-order valence-electron chi connectivity index (χ1n) is 16.8. The molecule has 3 saturated heterocycles. The van der Waals surface area contributed by atoms with Crippen molar-refractivity contribution in [3.05, 3.63) is 42.0 Å². The summed E-state index contributed by atoms with van der Waals surface area (Å²) in [6.07, 6.45) is 11.3. The van der Waals surface area contributed by atoms with Crippen molar-refractivity contribution in [2.24, 2.45) is 23.7 Å². The molecule has 6 rings (SSSR count). The highest BCUT2D eigenvalue weighted by Crippen LogP contribution is 2.55. The van der Waals surface area contributed by atoms with E-state index >= 15 is 0 Å². The Labute approximate surface area is 257 Å². The number of fused-ring (bicyclic) bond motifs is 1. The molecule has 1 aromatic carbocycles. The molecule has 0 unspecified atom stereocenters. The highest BCUT2D eigenvalue weighted by molar-refractivity contribution is 6.02. The number of rotatable bonds is 8. The SMILES string of the molecule is CC(C)c1ccc(NC(=O)[C@H]2[C@H]3C=C[C@@]4(O3)[C@H]2C(=O)N(CCN2CCCCCC2)[C@@H]4C(=O)N[C@@H]2CCC[C@@H](C)[C@@H]2C)cc1. The van der Waals surface area contributed by atoms with Crippen LogP contribution in [0, 0.1) is 23.7 Å². The van der Waals surface area contributed by atoms with Gasteiger partial charge in [0, 0.05) is 24.8 Å². The van der Waals surface area contributed by atoms with Crippen LogP contribution in [0.15, 0.2) is 36.4 Å². The normalized spacial score (nSPS) is 35.7. The summed E-state index contributed by atoms with van der Waals surface area (Å²) < 4.78 is 6.58. The average Bonchev–Trinajstić information content (AvgIpc) is 3.53. The van der Waals surface area contributed by atoms with E-state index in [0.29, 0.717) is 30.0 Å². The van der Waals surface area contributed by atoms with Gasteiger partial charge in [0.05, 0.1) is 17.9 Å². The third-order valence-electron chi connectivity index (χ3n) is 11.2. The molecule has 0 radical (unpaired) electrons. The lowest BCUT2D eigenvalue weighted by Gasteiger charge is -2.38. The fourth-order valence-corrected chi connectivity index (χ4v) is 8.34. The van der Waals surface area contributed by atoms with Crippen molar-refractivity contribution in [1.82, 2.24) is 15.1 Å². The van der Waals surface area contributed by atoms with Gasteiger partial charge in [-0.05, 0) is 67.8 Å². The molecule has 3 amide bonds. The van der Waals surface area contributed by atoms with Gasteiger partial charge in [-0.1, -0.05) is 77.7 Å². The Morgan fingerprint density at radius 1 is 0.977 bits per heavy atom. The molecule has 8 nitrogen and oxygen atoms in total. The van der Waals surface area contributed by atoms with E-state index in [1.165, 1.54) is 24.8 Å². The van der Waals surface area contributed by atoms with Crippen LogP contribution in [0.5, 0.6) is 0 Å². The number of ether oxygens (including phenoxy) is 1. The fraction of sp³-hybridized carbons (Fsp3) is 0.686. The Balaban J connectivity index is 1.25. The summed E-state index contributed by atoms with van der Waals surface area (Å²) in [6.45, 7) is 12.0. The van der Waals surface area contributed by atoms with Gasteiger partial charge in [0.25, 0.3) is 0 Å². The number of carbonyl (C=O) groups is 3. The van der Waals surface area contributed by atoms with E-state index in [1.54, 1.807) is 4.90 Å². The molecule has 5 aliphatic rings. The number of likely N-dealkylation sites (tertiary alicyclic amines) is 2. The maximum Gasteiger partial charge on any atom is 0.246 e. The van der Waals surface area contributed by atoms with Gasteiger partial charge in [-0.15, -0.1) is 0 Å². The molecule has 1 saturated carbocycles. The van der Waals surface area contributed by atoms with Crippen LogP contribution in [0.3, 0.4) is 0 Å². The number of nitrogens with zero attached hydrogens (tertiary/aromatic N) is 2. The van der Waals surface area contributed by atoms with E-state index in [4.69, 9.17) is 4.74 Å². The van der Waals surface area contributed by atoms with Gasteiger partial charge < -0.3 is 25.2 Å². The van der Waals surface area contributed by atoms with Crippen LogP contribution in [0.4, 0.5) is 5.69 Å². The molecule has 8 atom stereocenters. The third-order valence-corrected chi connectivity index (χ3v) is 11.2. The van der Waals surface area contributed by atoms with Crippen molar-refractivity contribution in [1.29, 1.82) is 0 Å². The second kappa shape index (κ2) is 12.4. The summed E-state index contributed by atoms with van der Waals surface area (Å²) in [4.78, 5) is 46.6. The molecule has 234 valence electrons. The minimum Gasteiger partial charge on any atom is -0.359 e. The number of anilines is 1. The van der Waals surface area contributed by atoms with Crippen LogP contribution >= 0.6 is 0 Å². The van der Waals surface area contributed by atoms with Crippen molar-refractivity contribution < 1.29 is 19.1 Å². The van der Waals surface area contributed by atoms with Crippen molar-refractivity contribution in [2.75, 3.05) is 31.5 Å². The lowest BCUT2D eigenvalue weighted by Crippen LogP contribution is -2.58. The van der Waals surface area contributed by atoms with Crippen molar-refractivity contribution >= 4 is 23.4 Å². The maximum atomic E-state index is 14.4. The Morgan fingerprint density at radius 3 is 2.40 bits per heavy atom. The molecule has 0 aromatic heterocycles. The average molecular weight is 591 g/mol. The van der Waals surface area contributed by atoms with E-state index < -0.39 is 29.6 Å². The Hall–Kier alpha value is -2.71. The molecular weight excluding hydrogens is 540 g/mol. The molecule has 4 aliphatic heterocycles. The summed E-state index contributed by atoms with van der Waals surface area (Å²) >= 11 is 0. The Morgan fingerprint density at radius 2 is 1.70 bits per heavy atom. The van der Waals surface area contributed by atoms with Crippen LogP contribution < -0.4 is 10.6 Å². The zero-order chi connectivity index (χ0) is 30.3. The van der Waals surface area contributed by atoms with Gasteiger partial charge in [-0.3, -0.25) is 14.4 Å². The van der Waals surface area contributed by atoms with Crippen molar-refractivity contribution in [3.63, 3.8) is 0 Å². The standard InChI is InChI=1S/C35H50N4O4/c1-22(2)25-12-14-26(15-13-25)36-32(40)29-28-16-17-35(43-28)30(29)34(42)39(21-20-38-18-7-5-6-8-19-38)31(35)33(41)37-27-11-9-10-23(3)24(27)4/h12-17,22-24,27-31H,5-11,18-21H2,1-4H3,(H,36,40)(H,37,41)/t23-,24+,27-,28-,29+,30-,31-,35-/m1/s1. The molecule has 4 heterocycles. The minimum absolute atomic E-state index is 0.0738. The smallest absolute Gasteiger partial charge is 0.246 e. The summed E-state index contributed by atoms with van der Waals surface area (Å²) in [6, 6.07) is 7.17. The van der Waals surface area contributed by atoms with Gasteiger partial charge in [0.1, 0.15) is 11.6 Å². The number of carbonyl (C=O) groups excluding carboxylic acids is 3. The zero-order valence-corrected chi connectivity index (χ0v) is 26.4. The first-order chi connectivity index (χ1) is 20.7. The predicted octanol–water partition coefficient (Wildman–Crippen LogP) is 4.72. The number of amides is 3. The minimum atomic E-state index is -1.13. The Bertz CT molecular complexity index is 1220. The molecule has 2 bridgehead atoms. The van der Waals surface area contributed by atoms with E-state index in [2.05, 4.69) is 43.2 Å².